The fourth-order valence-electron chi connectivity index (χ4n) is 3.06. The quantitative estimate of drug-likeness (QED) is 0.469. The lowest BCUT2D eigenvalue weighted by atomic mass is 9.56. The number of halogens is 15. The third kappa shape index (κ3) is 2.63. The number of carbonyl (C=O) groups excluding carboxylic acids is 1. The third-order valence-electron chi connectivity index (χ3n) is 4.36. The van der Waals surface area contributed by atoms with Gasteiger partial charge in [-0.3, -0.25) is 4.79 Å². The summed E-state index contributed by atoms with van der Waals surface area (Å²) in [6, 6.07) is 0. The Morgan fingerprint density at radius 3 is 1.37 bits per heavy atom. The normalized spacial score (nSPS) is 24.0. The Bertz CT molecular complexity index is 832. The van der Waals surface area contributed by atoms with Crippen LogP contribution in [0.5, 0.6) is 0 Å². The van der Waals surface area contributed by atoms with Crippen LogP contribution in [-0.4, -0.2) is 47.5 Å². The van der Waals surface area contributed by atoms with Gasteiger partial charge in [0, 0.05) is 11.1 Å². The predicted octanol–water partition coefficient (Wildman–Crippen LogP) is 5.74. The molecule has 0 amide bonds. The predicted molar refractivity (Wildman–Crippen MR) is 65.0 cm³/mol. The molecule has 1 nitrogen and oxygen atoms in total. The van der Waals surface area contributed by atoms with Gasteiger partial charge >= 0.3 is 36.0 Å². The van der Waals surface area contributed by atoms with Crippen LogP contribution in [0.25, 0.3) is 0 Å². The van der Waals surface area contributed by atoms with E-state index >= 15 is 4.39 Å². The molecule has 0 saturated heterocycles. The van der Waals surface area contributed by atoms with Crippen LogP contribution in [0, 0.1) is 0 Å². The number of hydrogen-bond donors (Lipinski definition) is 0. The lowest BCUT2D eigenvalue weighted by Gasteiger charge is -2.53. The van der Waals surface area contributed by atoms with E-state index in [0.717, 1.165) is 0 Å². The van der Waals surface area contributed by atoms with Gasteiger partial charge in [0.2, 0.25) is 5.67 Å². The SMILES string of the molecule is O=C1C=CC2=C(C(F)(C(F)(F)F)C(F)(F)F)C(F)(C(F)(C(F)(F)F)C(F)(F)F)C2=C1. The van der Waals surface area contributed by atoms with Crippen LogP contribution >= 0.6 is 0 Å². The Labute approximate surface area is 154 Å². The number of ketones is 1. The van der Waals surface area contributed by atoms with Crippen molar-refractivity contribution in [2.75, 3.05) is 0 Å². The lowest BCUT2D eigenvalue weighted by Crippen LogP contribution is -2.75. The second kappa shape index (κ2) is 5.96. The van der Waals surface area contributed by atoms with Crippen LogP contribution in [-0.2, 0) is 4.79 Å². The van der Waals surface area contributed by atoms with Gasteiger partial charge in [-0.15, -0.1) is 0 Å². The Morgan fingerprint density at radius 2 is 1.03 bits per heavy atom. The minimum absolute atomic E-state index is 0.00662. The fraction of sp³-hybridized carbons (Fsp3) is 0.500. The van der Waals surface area contributed by atoms with E-state index in [1.165, 1.54) is 0 Å². The third-order valence-corrected chi connectivity index (χ3v) is 4.36. The maximum atomic E-state index is 15.1. The molecule has 0 aliphatic heterocycles. The zero-order valence-electron chi connectivity index (χ0n) is 13.3. The first-order valence-corrected chi connectivity index (χ1v) is 7.03. The summed E-state index contributed by atoms with van der Waals surface area (Å²) in [4.78, 5) is 11.1. The van der Waals surface area contributed by atoms with Gasteiger partial charge in [-0.1, -0.05) is 6.08 Å². The molecule has 0 N–H and O–H groups in total. The van der Waals surface area contributed by atoms with Crippen molar-refractivity contribution in [1.82, 2.24) is 0 Å². The molecule has 1 atom stereocenters. The lowest BCUT2D eigenvalue weighted by molar-refractivity contribution is -0.379. The molecule has 0 saturated carbocycles. The van der Waals surface area contributed by atoms with E-state index in [0.29, 0.717) is 0 Å². The van der Waals surface area contributed by atoms with E-state index in [9.17, 15) is 66.3 Å². The molecule has 0 radical (unpaired) electrons. The van der Waals surface area contributed by atoms with Crippen molar-refractivity contribution in [3.8, 4) is 0 Å². The van der Waals surface area contributed by atoms with Crippen molar-refractivity contribution in [2.45, 2.75) is 41.7 Å². The highest BCUT2D eigenvalue weighted by Crippen LogP contribution is 2.70. The van der Waals surface area contributed by atoms with E-state index in [4.69, 9.17) is 0 Å². The van der Waals surface area contributed by atoms with E-state index in [-0.39, 0.29) is 12.2 Å². The molecule has 2 aliphatic carbocycles. The number of carbonyl (C=O) groups is 1. The van der Waals surface area contributed by atoms with Crippen LogP contribution in [0.3, 0.4) is 0 Å². The highest BCUT2D eigenvalue weighted by atomic mass is 19.4. The number of alkyl halides is 15. The summed E-state index contributed by atoms with van der Waals surface area (Å²) < 4.78 is 199. The summed E-state index contributed by atoms with van der Waals surface area (Å²) in [5.41, 5.74) is -29.5. The Kier molecular flexibility index (Phi) is 4.79. The van der Waals surface area contributed by atoms with Crippen molar-refractivity contribution < 1.29 is 70.7 Å². The van der Waals surface area contributed by atoms with Crippen LogP contribution in [0.1, 0.15) is 0 Å². The summed E-state index contributed by atoms with van der Waals surface area (Å²) in [5, 5.41) is 0. The van der Waals surface area contributed by atoms with E-state index < -0.39 is 70.3 Å². The molecule has 0 aromatic heterocycles. The molecule has 0 aromatic carbocycles. The number of fused-ring (bicyclic) bond motifs is 1. The monoisotopic (exact) mass is 472 g/mol. The molecule has 0 heterocycles. The van der Waals surface area contributed by atoms with Crippen molar-refractivity contribution in [3.05, 3.63) is 34.9 Å². The minimum atomic E-state index is -7.53. The summed E-state index contributed by atoms with van der Waals surface area (Å²) in [6.07, 6.45) is -30.7. The van der Waals surface area contributed by atoms with Crippen molar-refractivity contribution in [2.24, 2.45) is 0 Å². The topological polar surface area (TPSA) is 17.1 Å². The van der Waals surface area contributed by atoms with E-state index in [1.807, 2.05) is 0 Å². The van der Waals surface area contributed by atoms with Gasteiger partial charge < -0.3 is 0 Å². The van der Waals surface area contributed by atoms with Gasteiger partial charge in [0.25, 0.3) is 0 Å². The van der Waals surface area contributed by atoms with E-state index in [2.05, 4.69) is 0 Å². The fourth-order valence-corrected chi connectivity index (χ4v) is 3.06. The molecular weight excluding hydrogens is 469 g/mol. The first-order chi connectivity index (χ1) is 13.0. The van der Waals surface area contributed by atoms with Gasteiger partial charge in [0.05, 0.1) is 0 Å². The zero-order valence-corrected chi connectivity index (χ0v) is 13.3. The number of rotatable bonds is 2. The van der Waals surface area contributed by atoms with Crippen molar-refractivity contribution >= 4 is 5.78 Å². The average molecular weight is 472 g/mol. The molecular formula is C14H3F15O. The minimum Gasteiger partial charge on any atom is -0.290 e. The Morgan fingerprint density at radius 1 is 0.633 bits per heavy atom. The summed E-state index contributed by atoms with van der Waals surface area (Å²) in [7, 11) is 0. The van der Waals surface area contributed by atoms with Gasteiger partial charge in [-0.25, -0.2) is 13.2 Å². The zero-order chi connectivity index (χ0) is 23.9. The number of allylic oxidation sites excluding steroid dienone is 6. The summed E-state index contributed by atoms with van der Waals surface area (Å²) in [5.74, 6) is -1.70. The van der Waals surface area contributed by atoms with Crippen molar-refractivity contribution in [3.63, 3.8) is 0 Å². The van der Waals surface area contributed by atoms with Gasteiger partial charge in [-0.2, -0.15) is 52.7 Å². The molecule has 0 bridgehead atoms. The van der Waals surface area contributed by atoms with E-state index in [1.54, 1.807) is 0 Å². The van der Waals surface area contributed by atoms with Crippen LogP contribution in [0.2, 0.25) is 0 Å². The number of hydrogen-bond acceptors (Lipinski definition) is 1. The van der Waals surface area contributed by atoms with Gasteiger partial charge in [0.1, 0.15) is 0 Å². The summed E-state index contributed by atoms with van der Waals surface area (Å²) in [6.45, 7) is 0. The highest BCUT2D eigenvalue weighted by Gasteiger charge is 2.92. The molecule has 1 unspecified atom stereocenters. The second-order valence-corrected chi connectivity index (χ2v) is 6.05. The Hall–Kier alpha value is -2.16. The molecule has 0 fully saturated rings. The average Bonchev–Trinajstić information content (AvgIpc) is 2.50. The molecule has 2 rings (SSSR count). The molecule has 0 spiro atoms. The van der Waals surface area contributed by atoms with Gasteiger partial charge in [0.15, 0.2) is 5.78 Å². The molecule has 2 aliphatic rings. The smallest absolute Gasteiger partial charge is 0.290 e. The molecule has 170 valence electrons. The maximum Gasteiger partial charge on any atom is 0.435 e. The van der Waals surface area contributed by atoms with Gasteiger partial charge in [-0.05, 0) is 17.7 Å². The summed E-state index contributed by atoms with van der Waals surface area (Å²) >= 11 is 0. The molecule has 30 heavy (non-hydrogen) atoms. The van der Waals surface area contributed by atoms with Crippen LogP contribution in [0.4, 0.5) is 65.9 Å². The van der Waals surface area contributed by atoms with Crippen LogP contribution in [0.15, 0.2) is 34.9 Å². The molecule has 16 heteroatoms. The van der Waals surface area contributed by atoms with Crippen LogP contribution < -0.4 is 0 Å². The largest absolute Gasteiger partial charge is 0.435 e. The highest BCUT2D eigenvalue weighted by molar-refractivity contribution is 6.04. The molecule has 0 aromatic rings. The maximum absolute atomic E-state index is 15.1. The Balaban J connectivity index is 3.09. The first-order valence-electron chi connectivity index (χ1n) is 7.03. The standard InChI is InChI=1S/C14H3F15O/c15-8(10(17,13(24,25)26)14(27,28)29)6-3-4(30)1-2-5(6)7(8)9(16,11(18,19)20)12(21,22)23/h1-3H. The second-order valence-electron chi connectivity index (χ2n) is 6.05. The first kappa shape index (κ1) is 24.1. The van der Waals surface area contributed by atoms with Crippen molar-refractivity contribution in [1.29, 1.82) is 0 Å².